The summed E-state index contributed by atoms with van der Waals surface area (Å²) in [6.07, 6.45) is 6.12. The molecule has 5 rings (SSSR count). The molecular formula is C25H21Br2N3O6. The van der Waals surface area contributed by atoms with Gasteiger partial charge < -0.3 is 9.47 Å². The highest BCUT2D eigenvalue weighted by Crippen LogP contribution is 2.52. The van der Waals surface area contributed by atoms with E-state index in [1.807, 2.05) is 30.4 Å². The summed E-state index contributed by atoms with van der Waals surface area (Å²) < 4.78 is 13.2. The van der Waals surface area contributed by atoms with Gasteiger partial charge in [0.2, 0.25) is 5.75 Å². The number of rotatable bonds is 8. The van der Waals surface area contributed by atoms with E-state index in [2.05, 4.69) is 37.0 Å². The van der Waals surface area contributed by atoms with Crippen molar-refractivity contribution in [1.82, 2.24) is 5.01 Å². The van der Waals surface area contributed by atoms with Crippen LogP contribution in [-0.2, 0) is 16.2 Å². The van der Waals surface area contributed by atoms with Crippen LogP contribution in [0, 0.1) is 33.8 Å². The Hall–Kier alpha value is -3.05. The van der Waals surface area contributed by atoms with Crippen molar-refractivity contribution in [2.45, 2.75) is 20.0 Å². The van der Waals surface area contributed by atoms with Gasteiger partial charge in [0.25, 0.3) is 11.8 Å². The van der Waals surface area contributed by atoms with Crippen molar-refractivity contribution < 1.29 is 24.0 Å². The molecule has 2 fully saturated rings. The van der Waals surface area contributed by atoms with Crippen molar-refractivity contribution in [2.24, 2.45) is 28.8 Å². The number of imide groups is 1. The van der Waals surface area contributed by atoms with Crippen LogP contribution >= 0.6 is 31.9 Å². The van der Waals surface area contributed by atoms with Crippen LogP contribution in [0.25, 0.3) is 0 Å². The van der Waals surface area contributed by atoms with Gasteiger partial charge in [-0.25, -0.2) is 0 Å². The second-order valence-electron chi connectivity index (χ2n) is 8.81. The van der Waals surface area contributed by atoms with Crippen LogP contribution in [0.1, 0.15) is 24.5 Å². The van der Waals surface area contributed by atoms with Gasteiger partial charge in [-0.2, -0.15) is 10.1 Å². The number of ether oxygens (including phenoxy) is 2. The molecule has 2 amide bonds. The van der Waals surface area contributed by atoms with Gasteiger partial charge in [-0.15, -0.1) is 0 Å². The molecule has 0 spiro atoms. The first kappa shape index (κ1) is 24.6. The lowest BCUT2D eigenvalue weighted by atomic mass is 9.85. The standard InChI is InChI=1S/C25H21Br2N3O6/c1-2-35-20-8-13(11-28-29-24(31)21-14-3-4-15(9-14)22(21)25(29)32)7-19(30(33)34)23(20)36-12-16-5-6-17(26)10-18(16)27/h3-8,10-11,14-15,21-22H,2,9,12H2,1H3/t14-,15-,21-,22+/m0/s1. The summed E-state index contributed by atoms with van der Waals surface area (Å²) in [6, 6.07) is 8.37. The Morgan fingerprint density at radius 1 is 1.11 bits per heavy atom. The molecule has 0 radical (unpaired) electrons. The van der Waals surface area contributed by atoms with E-state index in [0.29, 0.717) is 5.56 Å². The number of carbonyl (C=O) groups is 2. The molecular weight excluding hydrogens is 598 g/mol. The largest absolute Gasteiger partial charge is 0.490 e. The average Bonchev–Trinajstić information content (AvgIpc) is 3.52. The van der Waals surface area contributed by atoms with Crippen molar-refractivity contribution in [3.63, 3.8) is 0 Å². The van der Waals surface area contributed by atoms with Crippen LogP contribution in [0.5, 0.6) is 11.5 Å². The summed E-state index contributed by atoms with van der Waals surface area (Å²) in [7, 11) is 0. The van der Waals surface area contributed by atoms with E-state index in [-0.39, 0.29) is 65.9 Å². The number of fused-ring (bicyclic) bond motifs is 5. The van der Waals surface area contributed by atoms with Gasteiger partial charge in [-0.3, -0.25) is 19.7 Å². The molecule has 4 atom stereocenters. The lowest BCUT2D eigenvalue weighted by Crippen LogP contribution is -2.28. The van der Waals surface area contributed by atoms with Crippen molar-refractivity contribution in [1.29, 1.82) is 0 Å². The van der Waals surface area contributed by atoms with Gasteiger partial charge in [-0.05, 0) is 43.4 Å². The number of amides is 2. The fourth-order valence-electron chi connectivity index (χ4n) is 5.14. The summed E-state index contributed by atoms with van der Waals surface area (Å²) in [5.41, 5.74) is 0.788. The van der Waals surface area contributed by atoms with Crippen LogP contribution in [-0.4, -0.2) is 34.6 Å². The minimum Gasteiger partial charge on any atom is -0.490 e. The second kappa shape index (κ2) is 9.78. The SMILES string of the molecule is CCOc1cc(C=NN2C(=O)[C@@H]3[C@H](C2=O)[C@H]2C=C[C@H]3C2)cc([N+](=O)[O-])c1OCc1ccc(Br)cc1Br. The van der Waals surface area contributed by atoms with Crippen molar-refractivity contribution in [3.8, 4) is 11.5 Å². The molecule has 2 aromatic carbocycles. The quantitative estimate of drug-likeness (QED) is 0.132. The molecule has 1 aliphatic heterocycles. The molecule has 2 bridgehead atoms. The Morgan fingerprint density at radius 3 is 2.42 bits per heavy atom. The molecule has 9 nitrogen and oxygen atoms in total. The van der Waals surface area contributed by atoms with E-state index in [1.54, 1.807) is 13.0 Å². The van der Waals surface area contributed by atoms with Gasteiger partial charge in [0, 0.05) is 26.1 Å². The third-order valence-electron chi connectivity index (χ3n) is 6.71. The highest BCUT2D eigenvalue weighted by molar-refractivity contribution is 9.11. The Balaban J connectivity index is 1.42. The Labute approximate surface area is 223 Å². The van der Waals surface area contributed by atoms with E-state index >= 15 is 0 Å². The average molecular weight is 619 g/mol. The third-order valence-corrected chi connectivity index (χ3v) is 7.94. The monoisotopic (exact) mass is 617 g/mol. The van der Waals surface area contributed by atoms with Crippen molar-refractivity contribution >= 4 is 55.6 Å². The molecule has 0 N–H and O–H groups in total. The second-order valence-corrected chi connectivity index (χ2v) is 10.6. The van der Waals surface area contributed by atoms with Crippen LogP contribution in [0.2, 0.25) is 0 Å². The van der Waals surface area contributed by atoms with Gasteiger partial charge in [0.15, 0.2) is 5.75 Å². The maximum absolute atomic E-state index is 12.9. The van der Waals surface area contributed by atoms with Crippen LogP contribution in [0.3, 0.4) is 0 Å². The molecule has 3 aliphatic rings. The van der Waals surface area contributed by atoms with Crippen LogP contribution in [0.4, 0.5) is 5.69 Å². The molecule has 1 saturated carbocycles. The Bertz CT molecular complexity index is 1300. The zero-order valence-electron chi connectivity index (χ0n) is 19.1. The Morgan fingerprint density at radius 2 is 1.81 bits per heavy atom. The molecule has 1 heterocycles. The highest BCUT2D eigenvalue weighted by Gasteiger charge is 2.59. The maximum Gasteiger partial charge on any atom is 0.315 e. The number of nitro benzene ring substituents is 1. The lowest BCUT2D eigenvalue weighted by molar-refractivity contribution is -0.386. The first-order valence-electron chi connectivity index (χ1n) is 11.4. The summed E-state index contributed by atoms with van der Waals surface area (Å²) in [5.74, 6) is -1.08. The zero-order chi connectivity index (χ0) is 25.6. The zero-order valence-corrected chi connectivity index (χ0v) is 22.3. The van der Waals surface area contributed by atoms with Gasteiger partial charge in [0.05, 0.1) is 29.6 Å². The molecule has 186 valence electrons. The number of nitrogens with zero attached hydrogens (tertiary/aromatic N) is 3. The van der Waals surface area contributed by atoms with Crippen LogP contribution in [0.15, 0.2) is 56.5 Å². The Kier molecular flexibility index (Phi) is 6.69. The molecule has 2 aromatic rings. The van der Waals surface area contributed by atoms with E-state index in [0.717, 1.165) is 25.9 Å². The number of hydrogen-bond donors (Lipinski definition) is 0. The van der Waals surface area contributed by atoms with E-state index < -0.39 is 4.92 Å². The normalized spacial score (nSPS) is 24.1. The predicted molar refractivity (Wildman–Crippen MR) is 138 cm³/mol. The number of allylic oxidation sites excluding steroid dienone is 2. The molecule has 1 saturated heterocycles. The number of hydrogen-bond acceptors (Lipinski definition) is 7. The lowest BCUT2D eigenvalue weighted by Gasteiger charge is -2.14. The molecule has 11 heteroatoms. The fraction of sp³-hybridized carbons (Fsp3) is 0.320. The number of carbonyl (C=O) groups excluding carboxylic acids is 2. The summed E-state index contributed by atoms with van der Waals surface area (Å²) in [6.45, 7) is 2.07. The summed E-state index contributed by atoms with van der Waals surface area (Å²) >= 11 is 6.86. The van der Waals surface area contributed by atoms with Gasteiger partial charge in [0.1, 0.15) is 6.61 Å². The predicted octanol–water partition coefficient (Wildman–Crippen LogP) is 5.24. The summed E-state index contributed by atoms with van der Waals surface area (Å²) in [4.78, 5) is 37.1. The first-order valence-corrected chi connectivity index (χ1v) is 13.0. The van der Waals surface area contributed by atoms with E-state index in [4.69, 9.17) is 9.47 Å². The molecule has 0 unspecified atom stereocenters. The van der Waals surface area contributed by atoms with Gasteiger partial charge >= 0.3 is 5.69 Å². The van der Waals surface area contributed by atoms with Crippen molar-refractivity contribution in [3.05, 3.63) is 72.7 Å². The smallest absolute Gasteiger partial charge is 0.315 e. The third kappa shape index (κ3) is 4.34. The van der Waals surface area contributed by atoms with Crippen molar-refractivity contribution in [2.75, 3.05) is 6.61 Å². The minimum atomic E-state index is -0.564. The number of halogens is 2. The van der Waals surface area contributed by atoms with E-state index in [9.17, 15) is 19.7 Å². The number of hydrazone groups is 1. The topological polar surface area (TPSA) is 111 Å². The summed E-state index contributed by atoms with van der Waals surface area (Å²) in [5, 5.41) is 17.0. The molecule has 36 heavy (non-hydrogen) atoms. The minimum absolute atomic E-state index is 0.0145. The number of nitro groups is 1. The number of benzene rings is 2. The van der Waals surface area contributed by atoms with E-state index in [1.165, 1.54) is 12.3 Å². The maximum atomic E-state index is 12.9. The fourth-order valence-corrected chi connectivity index (χ4v) is 6.30. The van der Waals surface area contributed by atoms with Crippen LogP contribution < -0.4 is 9.47 Å². The molecule has 0 aromatic heterocycles. The van der Waals surface area contributed by atoms with Gasteiger partial charge in [-0.1, -0.05) is 50.1 Å². The molecule has 2 aliphatic carbocycles. The highest BCUT2D eigenvalue weighted by atomic mass is 79.9. The first-order chi connectivity index (χ1) is 17.3.